The molecule has 0 aliphatic rings. The third-order valence-electron chi connectivity index (χ3n) is 1.73. The molecule has 3 nitrogen and oxygen atoms in total. The van der Waals surface area contributed by atoms with Gasteiger partial charge in [0.25, 0.3) is 0 Å². The van der Waals surface area contributed by atoms with Gasteiger partial charge in [-0.25, -0.2) is 4.98 Å². The fourth-order valence-electron chi connectivity index (χ4n) is 0.962. The molecular weight excluding hydrogens is 174 g/mol. The van der Waals surface area contributed by atoms with Crippen LogP contribution in [0.25, 0.3) is 0 Å². The molecule has 0 amide bonds. The third-order valence-corrected chi connectivity index (χ3v) is 2.04. The highest BCUT2D eigenvalue weighted by Gasteiger charge is 2.08. The highest BCUT2D eigenvalue weighted by Crippen LogP contribution is 2.22. The van der Waals surface area contributed by atoms with E-state index in [1.807, 2.05) is 6.92 Å². The van der Waals surface area contributed by atoms with Crippen molar-refractivity contribution in [1.82, 2.24) is 4.98 Å². The molecule has 0 saturated carbocycles. The van der Waals surface area contributed by atoms with Gasteiger partial charge in [0.05, 0.1) is 11.9 Å². The van der Waals surface area contributed by atoms with Gasteiger partial charge in [0.15, 0.2) is 0 Å². The van der Waals surface area contributed by atoms with Crippen LogP contribution in [0.5, 0.6) is 0 Å². The molecule has 0 bridgehead atoms. The number of aromatic nitrogens is 1. The number of anilines is 1. The maximum Gasteiger partial charge on any atom is 0.133 e. The highest BCUT2D eigenvalue weighted by molar-refractivity contribution is 6.30. The monoisotopic (exact) mass is 185 g/mol. The van der Waals surface area contributed by atoms with Gasteiger partial charge in [-0.15, -0.1) is 0 Å². The third kappa shape index (κ3) is 1.87. The number of rotatable bonds is 2. The molecule has 4 N–H and O–H groups in total. The van der Waals surface area contributed by atoms with Gasteiger partial charge in [0.2, 0.25) is 0 Å². The summed E-state index contributed by atoms with van der Waals surface area (Å²) in [7, 11) is 0. The van der Waals surface area contributed by atoms with Crippen molar-refractivity contribution in [3.05, 3.63) is 23.0 Å². The number of pyridine rings is 1. The van der Waals surface area contributed by atoms with Gasteiger partial charge in [-0.05, 0) is 12.5 Å². The van der Waals surface area contributed by atoms with Crippen LogP contribution in [0.15, 0.2) is 12.3 Å². The van der Waals surface area contributed by atoms with Crippen LogP contribution in [-0.2, 0) is 0 Å². The van der Waals surface area contributed by atoms with Crippen LogP contribution in [0.4, 0.5) is 5.69 Å². The first-order valence-corrected chi connectivity index (χ1v) is 4.19. The molecule has 0 unspecified atom stereocenters. The Morgan fingerprint density at radius 3 is 2.92 bits per heavy atom. The predicted octanol–water partition coefficient (Wildman–Crippen LogP) is 1.73. The second kappa shape index (κ2) is 3.74. The zero-order chi connectivity index (χ0) is 9.14. The molecule has 0 spiro atoms. The average Bonchev–Trinajstić information content (AvgIpc) is 2.08. The highest BCUT2D eigenvalue weighted by atomic mass is 35.5. The first-order valence-electron chi connectivity index (χ1n) is 3.81. The summed E-state index contributed by atoms with van der Waals surface area (Å²) in [5.41, 5.74) is 12.7. The fraction of sp³-hybridized carbons (Fsp3) is 0.375. The van der Waals surface area contributed by atoms with Gasteiger partial charge < -0.3 is 11.5 Å². The van der Waals surface area contributed by atoms with Crippen LogP contribution in [0.2, 0.25) is 5.15 Å². The Morgan fingerprint density at radius 1 is 1.67 bits per heavy atom. The van der Waals surface area contributed by atoms with E-state index >= 15 is 0 Å². The SMILES string of the molecule is CC[C@H](N)c1cc(N)cnc1Cl. The van der Waals surface area contributed by atoms with Gasteiger partial charge in [-0.1, -0.05) is 18.5 Å². The van der Waals surface area contributed by atoms with Crippen LogP contribution < -0.4 is 11.5 Å². The van der Waals surface area contributed by atoms with Crippen molar-refractivity contribution >= 4 is 17.3 Å². The number of hydrogen-bond donors (Lipinski definition) is 2. The molecule has 0 saturated heterocycles. The van der Waals surface area contributed by atoms with Crippen LogP contribution >= 0.6 is 11.6 Å². The maximum atomic E-state index is 5.82. The van der Waals surface area contributed by atoms with Crippen molar-refractivity contribution in [2.24, 2.45) is 5.73 Å². The van der Waals surface area contributed by atoms with Crippen molar-refractivity contribution in [1.29, 1.82) is 0 Å². The lowest BCUT2D eigenvalue weighted by molar-refractivity contribution is 0.696. The molecule has 1 aromatic rings. The minimum Gasteiger partial charge on any atom is -0.397 e. The number of nitrogen functional groups attached to an aromatic ring is 1. The zero-order valence-electron chi connectivity index (χ0n) is 6.92. The Balaban J connectivity index is 3.04. The van der Waals surface area contributed by atoms with E-state index in [0.29, 0.717) is 10.8 Å². The molecule has 0 radical (unpaired) electrons. The molecule has 1 heterocycles. The Labute approximate surface area is 76.7 Å². The molecule has 0 aliphatic heterocycles. The van der Waals surface area contributed by atoms with Gasteiger partial charge in [0, 0.05) is 11.6 Å². The summed E-state index contributed by atoms with van der Waals surface area (Å²) >= 11 is 5.82. The van der Waals surface area contributed by atoms with Crippen molar-refractivity contribution in [3.8, 4) is 0 Å². The average molecular weight is 186 g/mol. The lowest BCUT2D eigenvalue weighted by Gasteiger charge is -2.10. The van der Waals surface area contributed by atoms with Crippen molar-refractivity contribution in [2.45, 2.75) is 19.4 Å². The van der Waals surface area contributed by atoms with Crippen LogP contribution in [0.3, 0.4) is 0 Å². The van der Waals surface area contributed by atoms with Gasteiger partial charge in [-0.2, -0.15) is 0 Å². The quantitative estimate of drug-likeness (QED) is 0.690. The van der Waals surface area contributed by atoms with E-state index in [1.54, 1.807) is 6.07 Å². The van der Waals surface area contributed by atoms with E-state index in [1.165, 1.54) is 6.20 Å². The molecule has 0 aromatic carbocycles. The molecule has 12 heavy (non-hydrogen) atoms. The molecule has 1 atom stereocenters. The zero-order valence-corrected chi connectivity index (χ0v) is 7.67. The summed E-state index contributed by atoms with van der Waals surface area (Å²) in [6.07, 6.45) is 2.35. The largest absolute Gasteiger partial charge is 0.397 e. The fourth-order valence-corrected chi connectivity index (χ4v) is 1.21. The van der Waals surface area contributed by atoms with E-state index in [0.717, 1.165) is 12.0 Å². The minimum atomic E-state index is -0.0755. The molecule has 66 valence electrons. The van der Waals surface area contributed by atoms with E-state index < -0.39 is 0 Å². The first kappa shape index (κ1) is 9.29. The maximum absolute atomic E-state index is 5.82. The van der Waals surface area contributed by atoms with Crippen LogP contribution in [0.1, 0.15) is 24.9 Å². The summed E-state index contributed by atoms with van der Waals surface area (Å²) < 4.78 is 0. The van der Waals surface area contributed by atoms with E-state index in [9.17, 15) is 0 Å². The summed E-state index contributed by atoms with van der Waals surface area (Å²) in [5, 5.41) is 0.443. The summed E-state index contributed by atoms with van der Waals surface area (Å²) in [5.74, 6) is 0. The summed E-state index contributed by atoms with van der Waals surface area (Å²) in [4.78, 5) is 3.91. The second-order valence-corrected chi connectivity index (χ2v) is 3.02. The Kier molecular flexibility index (Phi) is 2.89. The van der Waals surface area contributed by atoms with E-state index in [-0.39, 0.29) is 6.04 Å². The molecule has 1 rings (SSSR count). The summed E-state index contributed by atoms with van der Waals surface area (Å²) in [6.45, 7) is 1.99. The Hall–Kier alpha value is -0.800. The van der Waals surface area contributed by atoms with Gasteiger partial charge in [0.1, 0.15) is 5.15 Å². The van der Waals surface area contributed by atoms with Crippen molar-refractivity contribution in [2.75, 3.05) is 5.73 Å². The van der Waals surface area contributed by atoms with Gasteiger partial charge in [-0.3, -0.25) is 0 Å². The van der Waals surface area contributed by atoms with Crippen LogP contribution in [-0.4, -0.2) is 4.98 Å². The number of nitrogens with zero attached hydrogens (tertiary/aromatic N) is 1. The first-order chi connectivity index (χ1) is 5.65. The van der Waals surface area contributed by atoms with Crippen LogP contribution in [0, 0.1) is 0 Å². The van der Waals surface area contributed by atoms with E-state index in [4.69, 9.17) is 23.1 Å². The second-order valence-electron chi connectivity index (χ2n) is 2.66. The smallest absolute Gasteiger partial charge is 0.133 e. The lowest BCUT2D eigenvalue weighted by atomic mass is 10.1. The Bertz CT molecular complexity index is 275. The minimum absolute atomic E-state index is 0.0755. The molecule has 1 aromatic heterocycles. The van der Waals surface area contributed by atoms with Gasteiger partial charge >= 0.3 is 0 Å². The lowest BCUT2D eigenvalue weighted by Crippen LogP contribution is -2.10. The topological polar surface area (TPSA) is 64.9 Å². The standard InChI is InChI=1S/C8H12ClN3/c1-2-7(11)6-3-5(10)4-12-8(6)9/h3-4,7H,2,10-11H2,1H3/t7-/m0/s1. The number of halogens is 1. The Morgan fingerprint density at radius 2 is 2.33 bits per heavy atom. The van der Waals surface area contributed by atoms with Crippen molar-refractivity contribution in [3.63, 3.8) is 0 Å². The van der Waals surface area contributed by atoms with E-state index in [2.05, 4.69) is 4.98 Å². The summed E-state index contributed by atoms with van der Waals surface area (Å²) in [6, 6.07) is 1.69. The number of nitrogens with two attached hydrogens (primary N) is 2. The normalized spacial score (nSPS) is 12.9. The van der Waals surface area contributed by atoms with Crippen molar-refractivity contribution < 1.29 is 0 Å². The predicted molar refractivity (Wildman–Crippen MR) is 50.9 cm³/mol. The number of hydrogen-bond acceptors (Lipinski definition) is 3. The molecule has 0 aliphatic carbocycles. The molecule has 0 fully saturated rings. The molecule has 4 heteroatoms. The molecular formula is C8H12ClN3.